The van der Waals surface area contributed by atoms with Crippen LogP contribution in [0.15, 0.2) is 6.20 Å². The van der Waals surface area contributed by atoms with Gasteiger partial charge in [0, 0.05) is 11.1 Å². The van der Waals surface area contributed by atoms with Gasteiger partial charge in [0.1, 0.15) is 11.3 Å². The summed E-state index contributed by atoms with van der Waals surface area (Å²) in [5.41, 5.74) is 2.17. The molecule has 0 aliphatic heterocycles. The van der Waals surface area contributed by atoms with E-state index in [0.717, 1.165) is 11.3 Å². The van der Waals surface area contributed by atoms with E-state index in [1.54, 1.807) is 0 Å². The lowest BCUT2D eigenvalue weighted by atomic mass is 10.1. The van der Waals surface area contributed by atoms with Gasteiger partial charge in [-0.25, -0.2) is 22.5 Å². The molecule has 0 bridgehead atoms. The van der Waals surface area contributed by atoms with Crippen LogP contribution in [0.4, 0.5) is 23.2 Å². The predicted molar refractivity (Wildman–Crippen MR) is 69.2 cm³/mol. The smallest absolute Gasteiger partial charge is 0.254 e. The molecule has 3 N–H and O–H groups in total. The number of carbonyl (C=O) groups is 1. The number of thiazole rings is 1. The number of primary amides is 1. The van der Waals surface area contributed by atoms with Gasteiger partial charge in [-0.1, -0.05) is 11.6 Å². The molecule has 4 nitrogen and oxygen atoms in total. The van der Waals surface area contributed by atoms with Crippen LogP contribution in [0.3, 0.4) is 0 Å². The highest BCUT2D eigenvalue weighted by molar-refractivity contribution is 7.15. The number of nitrogens with one attached hydrogen (secondary N) is 1. The van der Waals surface area contributed by atoms with E-state index in [2.05, 4.69) is 16.0 Å². The van der Waals surface area contributed by atoms with Crippen LogP contribution in [-0.4, -0.2) is 10.9 Å². The monoisotopic (exact) mass is 339 g/mol. The van der Waals surface area contributed by atoms with Gasteiger partial charge >= 0.3 is 0 Å². The average Bonchev–Trinajstić information content (AvgIpc) is 2.82. The Bertz CT molecular complexity index is 693. The van der Waals surface area contributed by atoms with E-state index in [4.69, 9.17) is 11.6 Å². The number of halogens is 5. The van der Waals surface area contributed by atoms with Crippen LogP contribution in [0.5, 0.6) is 0 Å². The van der Waals surface area contributed by atoms with E-state index in [-0.39, 0.29) is 11.0 Å². The maximum atomic E-state index is 13.7. The molecule has 0 fully saturated rings. The third-order valence-corrected chi connectivity index (χ3v) is 3.59. The zero-order valence-electron chi connectivity index (χ0n) is 10.0. The number of aromatic nitrogens is 1. The first kappa shape index (κ1) is 15.5. The van der Waals surface area contributed by atoms with Crippen molar-refractivity contribution >= 4 is 34.5 Å². The highest BCUT2D eigenvalue weighted by atomic mass is 35.5. The SMILES string of the molecule is NC(=O)c1c(F)c(F)c(NCc2cnc(Cl)s2)c(F)c1F. The Balaban J connectivity index is 2.38. The lowest BCUT2D eigenvalue weighted by Crippen LogP contribution is -2.19. The first-order valence-electron chi connectivity index (χ1n) is 5.32. The van der Waals surface area contributed by atoms with E-state index in [9.17, 15) is 22.4 Å². The second-order valence-corrected chi connectivity index (χ2v) is 5.50. The third-order valence-electron chi connectivity index (χ3n) is 2.47. The molecule has 0 aliphatic rings. The van der Waals surface area contributed by atoms with Crippen LogP contribution < -0.4 is 11.1 Å². The molecule has 0 unspecified atom stereocenters. The molecule has 2 aromatic rings. The molecule has 112 valence electrons. The van der Waals surface area contributed by atoms with Gasteiger partial charge in [0.2, 0.25) is 0 Å². The number of benzene rings is 1. The Morgan fingerprint density at radius 2 is 1.81 bits per heavy atom. The number of carbonyl (C=O) groups excluding carboxylic acids is 1. The number of nitrogens with zero attached hydrogens (tertiary/aromatic N) is 1. The molecule has 0 spiro atoms. The van der Waals surface area contributed by atoms with Gasteiger partial charge in [0.15, 0.2) is 27.7 Å². The van der Waals surface area contributed by atoms with Crippen LogP contribution in [0.1, 0.15) is 15.2 Å². The molecule has 1 heterocycles. The van der Waals surface area contributed by atoms with Crippen molar-refractivity contribution in [3.8, 4) is 0 Å². The van der Waals surface area contributed by atoms with E-state index >= 15 is 0 Å². The normalized spacial score (nSPS) is 10.7. The van der Waals surface area contributed by atoms with Crippen molar-refractivity contribution in [2.45, 2.75) is 6.54 Å². The van der Waals surface area contributed by atoms with Gasteiger partial charge < -0.3 is 11.1 Å². The fourth-order valence-corrected chi connectivity index (χ4v) is 2.46. The number of amides is 1. The van der Waals surface area contributed by atoms with Crippen LogP contribution in [-0.2, 0) is 6.54 Å². The molecular weight excluding hydrogens is 334 g/mol. The zero-order valence-corrected chi connectivity index (χ0v) is 11.6. The molecule has 0 saturated heterocycles. The highest BCUT2D eigenvalue weighted by Crippen LogP contribution is 2.29. The highest BCUT2D eigenvalue weighted by Gasteiger charge is 2.28. The lowest BCUT2D eigenvalue weighted by Gasteiger charge is -2.11. The zero-order chi connectivity index (χ0) is 15.7. The fourth-order valence-electron chi connectivity index (χ4n) is 1.54. The summed E-state index contributed by atoms with van der Waals surface area (Å²) in [6.07, 6.45) is 1.33. The number of hydrogen-bond donors (Lipinski definition) is 2. The summed E-state index contributed by atoms with van der Waals surface area (Å²) in [6, 6.07) is 0. The summed E-state index contributed by atoms with van der Waals surface area (Å²) in [4.78, 5) is 15.0. The molecule has 1 aromatic heterocycles. The maximum Gasteiger partial charge on any atom is 0.254 e. The molecule has 0 saturated carbocycles. The Morgan fingerprint density at radius 1 is 1.24 bits per heavy atom. The molecule has 2 rings (SSSR count). The van der Waals surface area contributed by atoms with Crippen molar-refractivity contribution in [1.29, 1.82) is 0 Å². The Hall–Kier alpha value is -1.87. The van der Waals surface area contributed by atoms with Gasteiger partial charge in [-0.05, 0) is 0 Å². The Labute approximate surface area is 124 Å². The predicted octanol–water partition coefficient (Wildman–Crippen LogP) is 3.06. The quantitative estimate of drug-likeness (QED) is 0.664. The minimum Gasteiger partial charge on any atom is -0.375 e. The van der Waals surface area contributed by atoms with Crippen molar-refractivity contribution in [1.82, 2.24) is 4.98 Å². The van der Waals surface area contributed by atoms with Crippen LogP contribution in [0.25, 0.3) is 0 Å². The minimum atomic E-state index is -1.86. The molecule has 0 atom stereocenters. The molecular formula is C11H6ClF4N3OS. The first-order chi connectivity index (χ1) is 9.82. The largest absolute Gasteiger partial charge is 0.375 e. The van der Waals surface area contributed by atoms with Crippen molar-refractivity contribution in [3.05, 3.63) is 44.4 Å². The van der Waals surface area contributed by atoms with Crippen molar-refractivity contribution in [2.24, 2.45) is 5.73 Å². The Morgan fingerprint density at radius 3 is 2.24 bits per heavy atom. The van der Waals surface area contributed by atoms with Gasteiger partial charge in [0.25, 0.3) is 5.91 Å². The summed E-state index contributed by atoms with van der Waals surface area (Å²) < 4.78 is 54.6. The van der Waals surface area contributed by atoms with Gasteiger partial charge in [-0.3, -0.25) is 4.79 Å². The van der Waals surface area contributed by atoms with E-state index < -0.39 is 40.4 Å². The molecule has 10 heteroatoms. The summed E-state index contributed by atoms with van der Waals surface area (Å²) in [5.74, 6) is -8.79. The summed E-state index contributed by atoms with van der Waals surface area (Å²) in [5, 5.41) is 2.19. The van der Waals surface area contributed by atoms with E-state index in [1.165, 1.54) is 6.20 Å². The molecule has 1 amide bonds. The number of anilines is 1. The average molecular weight is 340 g/mol. The summed E-state index contributed by atoms with van der Waals surface area (Å²) in [6.45, 7) is -0.160. The third kappa shape index (κ3) is 2.93. The topological polar surface area (TPSA) is 68.0 Å². The minimum absolute atomic E-state index is 0.160. The summed E-state index contributed by atoms with van der Waals surface area (Å²) in [7, 11) is 0. The fraction of sp³-hybridized carbons (Fsp3) is 0.0909. The molecule has 0 radical (unpaired) electrons. The summed E-state index contributed by atoms with van der Waals surface area (Å²) >= 11 is 6.59. The van der Waals surface area contributed by atoms with Gasteiger partial charge in [-0.2, -0.15) is 0 Å². The second kappa shape index (κ2) is 5.86. The van der Waals surface area contributed by atoms with Crippen LogP contribution in [0, 0.1) is 23.3 Å². The molecule has 21 heavy (non-hydrogen) atoms. The van der Waals surface area contributed by atoms with Crippen molar-refractivity contribution < 1.29 is 22.4 Å². The standard InChI is InChI=1S/C11H6ClF4N3OS/c12-11-19-2-3(21-11)1-18-9-7(15)5(13)4(10(17)20)6(14)8(9)16/h2,18H,1H2,(H2,17,20). The lowest BCUT2D eigenvalue weighted by molar-refractivity contribution is 0.0990. The second-order valence-electron chi connectivity index (χ2n) is 3.80. The van der Waals surface area contributed by atoms with Crippen LogP contribution >= 0.6 is 22.9 Å². The van der Waals surface area contributed by atoms with Gasteiger partial charge in [-0.15, -0.1) is 11.3 Å². The van der Waals surface area contributed by atoms with Gasteiger partial charge in [0.05, 0.1) is 6.54 Å². The maximum absolute atomic E-state index is 13.7. The van der Waals surface area contributed by atoms with Crippen molar-refractivity contribution in [2.75, 3.05) is 5.32 Å². The van der Waals surface area contributed by atoms with E-state index in [0.29, 0.717) is 4.88 Å². The Kier molecular flexibility index (Phi) is 4.33. The number of nitrogens with two attached hydrogens (primary N) is 1. The number of hydrogen-bond acceptors (Lipinski definition) is 4. The molecule has 1 aromatic carbocycles. The van der Waals surface area contributed by atoms with E-state index in [1.807, 2.05) is 0 Å². The first-order valence-corrected chi connectivity index (χ1v) is 6.52. The molecule has 0 aliphatic carbocycles. The van der Waals surface area contributed by atoms with Crippen molar-refractivity contribution in [3.63, 3.8) is 0 Å². The number of rotatable bonds is 4. The van der Waals surface area contributed by atoms with Crippen LogP contribution in [0.2, 0.25) is 4.47 Å².